The van der Waals surface area contributed by atoms with Crippen LogP contribution >= 0.6 is 38.2 Å². The Kier molecular flexibility index (Phi) is 3.28. The molecule has 0 saturated carbocycles. The highest BCUT2D eigenvalue weighted by atomic mass is 79.9. The van der Waals surface area contributed by atoms with Gasteiger partial charge in [-0.25, -0.2) is 8.42 Å². The third kappa shape index (κ3) is 2.59. The second kappa shape index (κ2) is 3.77. The Morgan fingerprint density at radius 3 is 2.38 bits per heavy atom. The number of hydrogen-bond acceptors (Lipinski definition) is 2. The summed E-state index contributed by atoms with van der Waals surface area (Å²) < 4.78 is 22.4. The van der Waals surface area contributed by atoms with Gasteiger partial charge in [0.15, 0.2) is 0 Å². The summed E-state index contributed by atoms with van der Waals surface area (Å²) in [5.74, 6) is 0. The second-order valence-electron chi connectivity index (χ2n) is 2.50. The van der Waals surface area contributed by atoms with Crippen LogP contribution in [0.5, 0.6) is 0 Å². The van der Waals surface area contributed by atoms with E-state index in [-0.39, 0.29) is 4.90 Å². The summed E-state index contributed by atoms with van der Waals surface area (Å²) in [6.07, 6.45) is 0. The van der Waals surface area contributed by atoms with E-state index in [2.05, 4.69) is 15.9 Å². The minimum absolute atomic E-state index is 0.000772. The fourth-order valence-corrected chi connectivity index (χ4v) is 3.36. The first-order chi connectivity index (χ1) is 5.82. The van der Waals surface area contributed by atoms with E-state index in [0.29, 0.717) is 9.50 Å². The minimum Gasteiger partial charge on any atom is -0.207 e. The zero-order valence-corrected chi connectivity index (χ0v) is 10.4. The first kappa shape index (κ1) is 11.3. The summed E-state index contributed by atoms with van der Waals surface area (Å²) in [6.45, 7) is 1.74. The van der Waals surface area contributed by atoms with Gasteiger partial charge in [-0.05, 0) is 40.5 Å². The fourth-order valence-electron chi connectivity index (χ4n) is 0.870. The number of hydrogen-bond donors (Lipinski definition) is 0. The molecule has 72 valence electrons. The van der Waals surface area contributed by atoms with Gasteiger partial charge in [0.2, 0.25) is 0 Å². The smallest absolute Gasteiger partial charge is 0.207 e. The molecule has 0 atom stereocenters. The third-order valence-corrected chi connectivity index (χ3v) is 4.39. The summed E-state index contributed by atoms with van der Waals surface area (Å²) >= 11 is 8.81. The van der Waals surface area contributed by atoms with E-state index in [4.69, 9.17) is 22.3 Å². The summed E-state index contributed by atoms with van der Waals surface area (Å²) in [6, 6.07) is 3.11. The normalized spacial score (nSPS) is 11.7. The van der Waals surface area contributed by atoms with Crippen LogP contribution < -0.4 is 0 Å². The van der Waals surface area contributed by atoms with E-state index in [1.165, 1.54) is 6.07 Å². The lowest BCUT2D eigenvalue weighted by atomic mass is 10.2. The summed E-state index contributed by atoms with van der Waals surface area (Å²) in [5, 5.41) is 0.333. The molecular weight excluding hydrogens is 299 g/mol. The Labute approximate surface area is 94.4 Å². The van der Waals surface area contributed by atoms with Crippen molar-refractivity contribution in [3.8, 4) is 0 Å². The molecule has 0 heterocycles. The van der Waals surface area contributed by atoms with Crippen LogP contribution in [0.1, 0.15) is 5.56 Å². The molecule has 1 aromatic carbocycles. The Bertz CT molecular complexity index is 442. The molecular formula is C7H5BrCl2O2S. The second-order valence-corrected chi connectivity index (χ2v) is 6.23. The van der Waals surface area contributed by atoms with Crippen LogP contribution in [0.2, 0.25) is 5.02 Å². The van der Waals surface area contributed by atoms with E-state index < -0.39 is 9.05 Å². The van der Waals surface area contributed by atoms with Crippen molar-refractivity contribution in [1.82, 2.24) is 0 Å². The molecule has 0 fully saturated rings. The number of halogens is 3. The third-order valence-electron chi connectivity index (χ3n) is 1.40. The Hall–Kier alpha value is 0.230. The molecule has 0 radical (unpaired) electrons. The average Bonchev–Trinajstić information content (AvgIpc) is 1.94. The van der Waals surface area contributed by atoms with Crippen molar-refractivity contribution < 1.29 is 8.42 Å². The van der Waals surface area contributed by atoms with Crippen molar-refractivity contribution in [3.05, 3.63) is 27.2 Å². The van der Waals surface area contributed by atoms with Crippen molar-refractivity contribution in [1.29, 1.82) is 0 Å². The minimum atomic E-state index is -3.74. The zero-order valence-electron chi connectivity index (χ0n) is 6.51. The molecule has 1 rings (SSSR count). The van der Waals surface area contributed by atoms with Crippen LogP contribution in [0.3, 0.4) is 0 Å². The molecule has 0 aliphatic carbocycles. The average molecular weight is 304 g/mol. The predicted molar refractivity (Wildman–Crippen MR) is 56.9 cm³/mol. The largest absolute Gasteiger partial charge is 0.262 e. The Morgan fingerprint density at radius 2 is 1.92 bits per heavy atom. The molecule has 0 amide bonds. The predicted octanol–water partition coefficient (Wildman–Crippen LogP) is 3.34. The molecule has 6 heteroatoms. The van der Waals surface area contributed by atoms with Crippen LogP contribution in [-0.2, 0) is 9.05 Å². The zero-order chi connectivity index (χ0) is 10.2. The van der Waals surface area contributed by atoms with Crippen molar-refractivity contribution in [2.24, 2.45) is 0 Å². The van der Waals surface area contributed by atoms with Crippen molar-refractivity contribution in [2.75, 3.05) is 0 Å². The molecule has 0 saturated heterocycles. The fraction of sp³-hybridized carbons (Fsp3) is 0.143. The molecule has 0 bridgehead atoms. The number of benzene rings is 1. The van der Waals surface area contributed by atoms with Gasteiger partial charge < -0.3 is 0 Å². The van der Waals surface area contributed by atoms with Crippen molar-refractivity contribution in [2.45, 2.75) is 11.8 Å². The first-order valence-electron chi connectivity index (χ1n) is 3.22. The van der Waals surface area contributed by atoms with E-state index in [0.717, 1.165) is 5.56 Å². The van der Waals surface area contributed by atoms with Crippen LogP contribution in [0.15, 0.2) is 21.5 Å². The number of rotatable bonds is 1. The van der Waals surface area contributed by atoms with Gasteiger partial charge in [-0.3, -0.25) is 0 Å². The maximum atomic E-state index is 11.0. The maximum Gasteiger partial charge on any atom is 0.262 e. The van der Waals surface area contributed by atoms with Gasteiger partial charge in [-0.1, -0.05) is 11.6 Å². The van der Waals surface area contributed by atoms with Crippen LogP contribution in [0.25, 0.3) is 0 Å². The van der Waals surface area contributed by atoms with Gasteiger partial charge in [0, 0.05) is 10.7 Å². The highest BCUT2D eigenvalue weighted by molar-refractivity contribution is 9.10. The summed E-state index contributed by atoms with van der Waals surface area (Å²) in [7, 11) is 1.45. The van der Waals surface area contributed by atoms with Gasteiger partial charge in [0.1, 0.15) is 0 Å². The summed E-state index contributed by atoms with van der Waals surface area (Å²) in [4.78, 5) is -0.000772. The van der Waals surface area contributed by atoms with Crippen LogP contribution in [0.4, 0.5) is 0 Å². The molecule has 0 spiro atoms. The molecule has 0 aromatic heterocycles. The van der Waals surface area contributed by atoms with Gasteiger partial charge >= 0.3 is 0 Å². The van der Waals surface area contributed by atoms with Gasteiger partial charge in [0.05, 0.1) is 14.4 Å². The highest BCUT2D eigenvalue weighted by Crippen LogP contribution is 2.32. The van der Waals surface area contributed by atoms with E-state index in [1.807, 2.05) is 0 Å². The van der Waals surface area contributed by atoms with Crippen molar-refractivity contribution in [3.63, 3.8) is 0 Å². The molecule has 0 N–H and O–H groups in total. The van der Waals surface area contributed by atoms with E-state index >= 15 is 0 Å². The van der Waals surface area contributed by atoms with Crippen molar-refractivity contribution >= 4 is 47.3 Å². The number of aryl methyl sites for hydroxylation is 1. The Morgan fingerprint density at radius 1 is 1.38 bits per heavy atom. The van der Waals surface area contributed by atoms with Gasteiger partial charge in [-0.15, -0.1) is 0 Å². The lowest BCUT2D eigenvalue weighted by Crippen LogP contribution is -1.93. The molecule has 0 unspecified atom stereocenters. The molecule has 0 aliphatic rings. The maximum absolute atomic E-state index is 11.0. The molecule has 13 heavy (non-hydrogen) atoms. The van der Waals surface area contributed by atoms with Crippen LogP contribution in [-0.4, -0.2) is 8.42 Å². The highest BCUT2D eigenvalue weighted by Gasteiger charge is 2.16. The Balaban J connectivity index is 3.56. The first-order valence-corrected chi connectivity index (χ1v) is 6.70. The van der Waals surface area contributed by atoms with Gasteiger partial charge in [-0.2, -0.15) is 0 Å². The van der Waals surface area contributed by atoms with Crippen LogP contribution in [0, 0.1) is 6.92 Å². The van der Waals surface area contributed by atoms with Gasteiger partial charge in [0.25, 0.3) is 9.05 Å². The quantitative estimate of drug-likeness (QED) is 0.746. The molecule has 0 aliphatic heterocycles. The topological polar surface area (TPSA) is 34.1 Å². The SMILES string of the molecule is Cc1cc(Cl)c(Br)c(S(=O)(=O)Cl)c1. The lowest BCUT2D eigenvalue weighted by molar-refractivity contribution is 0.609. The van der Waals surface area contributed by atoms with E-state index in [1.54, 1.807) is 13.0 Å². The molecule has 1 aromatic rings. The monoisotopic (exact) mass is 302 g/mol. The standard InChI is InChI=1S/C7H5BrCl2O2S/c1-4-2-5(9)7(8)6(3-4)13(10,11)12/h2-3H,1H3. The van der Waals surface area contributed by atoms with E-state index in [9.17, 15) is 8.42 Å². The molecule has 2 nitrogen and oxygen atoms in total. The lowest BCUT2D eigenvalue weighted by Gasteiger charge is -2.03. The summed E-state index contributed by atoms with van der Waals surface area (Å²) in [5.41, 5.74) is 0.743.